The highest BCUT2D eigenvalue weighted by Gasteiger charge is 2.13. The van der Waals surface area contributed by atoms with E-state index in [-0.39, 0.29) is 22.8 Å². The molecule has 6 N–H and O–H groups in total. The number of ether oxygens (including phenoxy) is 1. The van der Waals surface area contributed by atoms with Gasteiger partial charge in [0.1, 0.15) is 11.4 Å². The Bertz CT molecular complexity index is 643. The van der Waals surface area contributed by atoms with E-state index in [1.807, 2.05) is 0 Å². The molecule has 2 aromatic carbocycles. The van der Waals surface area contributed by atoms with Gasteiger partial charge in [-0.15, -0.1) is 0 Å². The van der Waals surface area contributed by atoms with Crippen LogP contribution in [0.4, 0.5) is 22.7 Å². The standard InChI is InChI=1S/C12H12N4O3/c13-8-5-4-7(6-10(8)16(17)18)19-11-3-1-2-9(14)12(11)15/h1-6H,13-15H2. The van der Waals surface area contributed by atoms with Crippen molar-refractivity contribution in [2.45, 2.75) is 0 Å². The topological polar surface area (TPSA) is 130 Å². The molecular weight excluding hydrogens is 248 g/mol. The molecule has 19 heavy (non-hydrogen) atoms. The predicted molar refractivity (Wildman–Crippen MR) is 72.8 cm³/mol. The van der Waals surface area contributed by atoms with E-state index in [1.54, 1.807) is 18.2 Å². The van der Waals surface area contributed by atoms with E-state index in [9.17, 15) is 10.1 Å². The zero-order valence-corrected chi connectivity index (χ0v) is 9.87. The van der Waals surface area contributed by atoms with Crippen molar-refractivity contribution in [3.63, 3.8) is 0 Å². The highest BCUT2D eigenvalue weighted by molar-refractivity contribution is 5.71. The minimum absolute atomic E-state index is 0.0675. The summed E-state index contributed by atoms with van der Waals surface area (Å²) in [7, 11) is 0. The first kappa shape index (κ1) is 12.5. The van der Waals surface area contributed by atoms with Crippen molar-refractivity contribution in [2.24, 2.45) is 0 Å². The Morgan fingerprint density at radius 1 is 1.05 bits per heavy atom. The second-order valence-corrected chi connectivity index (χ2v) is 3.84. The molecule has 0 saturated carbocycles. The summed E-state index contributed by atoms with van der Waals surface area (Å²) in [4.78, 5) is 10.2. The molecule has 0 amide bonds. The van der Waals surface area contributed by atoms with E-state index in [0.717, 1.165) is 0 Å². The fourth-order valence-electron chi connectivity index (χ4n) is 1.52. The van der Waals surface area contributed by atoms with Crippen molar-refractivity contribution in [2.75, 3.05) is 17.2 Å². The molecule has 0 saturated heterocycles. The Morgan fingerprint density at radius 2 is 1.79 bits per heavy atom. The molecule has 0 aromatic heterocycles. The maximum atomic E-state index is 10.8. The van der Waals surface area contributed by atoms with E-state index >= 15 is 0 Å². The lowest BCUT2D eigenvalue weighted by Gasteiger charge is -2.10. The minimum atomic E-state index is -0.578. The monoisotopic (exact) mass is 260 g/mol. The Morgan fingerprint density at radius 3 is 2.47 bits per heavy atom. The molecule has 0 bridgehead atoms. The van der Waals surface area contributed by atoms with Crippen LogP contribution in [0.5, 0.6) is 11.5 Å². The van der Waals surface area contributed by atoms with Crippen LogP contribution in [-0.2, 0) is 0 Å². The van der Waals surface area contributed by atoms with Gasteiger partial charge in [0, 0.05) is 0 Å². The molecular formula is C12H12N4O3. The summed E-state index contributed by atoms with van der Waals surface area (Å²) in [5.41, 5.74) is 17.4. The molecule has 0 spiro atoms. The van der Waals surface area contributed by atoms with Gasteiger partial charge < -0.3 is 21.9 Å². The summed E-state index contributed by atoms with van der Waals surface area (Å²) >= 11 is 0. The third kappa shape index (κ3) is 2.49. The first-order chi connectivity index (χ1) is 8.99. The molecule has 0 unspecified atom stereocenters. The smallest absolute Gasteiger partial charge is 0.295 e. The SMILES string of the molecule is Nc1ccc(Oc2cccc(N)c2N)cc1[N+](=O)[O-]. The number of hydrogen-bond acceptors (Lipinski definition) is 6. The fourth-order valence-corrected chi connectivity index (χ4v) is 1.52. The van der Waals surface area contributed by atoms with Gasteiger partial charge in [0.25, 0.3) is 5.69 Å². The van der Waals surface area contributed by atoms with Crippen molar-refractivity contribution in [3.05, 3.63) is 46.5 Å². The normalized spacial score (nSPS) is 10.1. The van der Waals surface area contributed by atoms with Gasteiger partial charge in [0.15, 0.2) is 5.75 Å². The Balaban J connectivity index is 2.36. The fraction of sp³-hybridized carbons (Fsp3) is 0. The molecule has 0 aliphatic heterocycles. The molecule has 0 fully saturated rings. The first-order valence-electron chi connectivity index (χ1n) is 5.35. The molecule has 0 aliphatic carbocycles. The van der Waals surface area contributed by atoms with Gasteiger partial charge in [-0.3, -0.25) is 10.1 Å². The van der Waals surface area contributed by atoms with Crippen LogP contribution >= 0.6 is 0 Å². The first-order valence-corrected chi connectivity index (χ1v) is 5.35. The zero-order valence-electron chi connectivity index (χ0n) is 9.87. The maximum absolute atomic E-state index is 10.8. The molecule has 2 rings (SSSR count). The average molecular weight is 260 g/mol. The number of nitrogen functional groups attached to an aromatic ring is 3. The number of nitrogens with two attached hydrogens (primary N) is 3. The number of rotatable bonds is 3. The Hall–Kier alpha value is -2.96. The van der Waals surface area contributed by atoms with Crippen LogP contribution in [0.1, 0.15) is 0 Å². The molecule has 7 heteroatoms. The van der Waals surface area contributed by atoms with Gasteiger partial charge >= 0.3 is 0 Å². The minimum Gasteiger partial charge on any atom is -0.455 e. The van der Waals surface area contributed by atoms with E-state index in [2.05, 4.69) is 0 Å². The van der Waals surface area contributed by atoms with Crippen molar-refractivity contribution >= 4 is 22.7 Å². The predicted octanol–water partition coefficient (Wildman–Crippen LogP) is 2.13. The van der Waals surface area contributed by atoms with Crippen molar-refractivity contribution < 1.29 is 9.66 Å². The van der Waals surface area contributed by atoms with Crippen molar-refractivity contribution in [1.82, 2.24) is 0 Å². The molecule has 0 atom stereocenters. The van der Waals surface area contributed by atoms with Crippen LogP contribution in [0.3, 0.4) is 0 Å². The number of benzene rings is 2. The summed E-state index contributed by atoms with van der Waals surface area (Å²) < 4.78 is 5.47. The summed E-state index contributed by atoms with van der Waals surface area (Å²) in [6.45, 7) is 0. The van der Waals surface area contributed by atoms with Crippen LogP contribution in [0.25, 0.3) is 0 Å². The van der Waals surface area contributed by atoms with Crippen LogP contribution in [0.15, 0.2) is 36.4 Å². The lowest BCUT2D eigenvalue weighted by Crippen LogP contribution is -1.99. The highest BCUT2D eigenvalue weighted by atomic mass is 16.6. The maximum Gasteiger partial charge on any atom is 0.295 e. The Kier molecular flexibility index (Phi) is 3.11. The summed E-state index contributed by atoms with van der Waals surface area (Å²) in [5.74, 6) is 0.595. The van der Waals surface area contributed by atoms with Gasteiger partial charge in [-0.25, -0.2) is 0 Å². The second kappa shape index (κ2) is 4.73. The molecule has 0 heterocycles. The summed E-state index contributed by atoms with van der Waals surface area (Å²) in [6.07, 6.45) is 0. The van der Waals surface area contributed by atoms with Crippen LogP contribution < -0.4 is 21.9 Å². The third-order valence-electron chi connectivity index (χ3n) is 2.53. The van der Waals surface area contributed by atoms with Gasteiger partial charge in [-0.2, -0.15) is 0 Å². The van der Waals surface area contributed by atoms with E-state index in [4.69, 9.17) is 21.9 Å². The number of hydrogen-bond donors (Lipinski definition) is 3. The van der Waals surface area contributed by atoms with Crippen LogP contribution in [0.2, 0.25) is 0 Å². The number of anilines is 3. The molecule has 7 nitrogen and oxygen atoms in total. The quantitative estimate of drug-likeness (QED) is 0.440. The van der Waals surface area contributed by atoms with Gasteiger partial charge in [0.05, 0.1) is 22.4 Å². The van der Waals surface area contributed by atoms with E-state index < -0.39 is 4.92 Å². The molecule has 0 radical (unpaired) electrons. The average Bonchev–Trinajstić information content (AvgIpc) is 2.37. The lowest BCUT2D eigenvalue weighted by molar-refractivity contribution is -0.384. The number of nitro groups is 1. The van der Waals surface area contributed by atoms with Crippen molar-refractivity contribution in [1.29, 1.82) is 0 Å². The second-order valence-electron chi connectivity index (χ2n) is 3.84. The van der Waals surface area contributed by atoms with E-state index in [0.29, 0.717) is 11.4 Å². The van der Waals surface area contributed by atoms with Gasteiger partial charge in [-0.1, -0.05) is 6.07 Å². The highest BCUT2D eigenvalue weighted by Crippen LogP contribution is 2.34. The van der Waals surface area contributed by atoms with Crippen LogP contribution in [-0.4, -0.2) is 4.92 Å². The van der Waals surface area contributed by atoms with E-state index in [1.165, 1.54) is 18.2 Å². The zero-order chi connectivity index (χ0) is 14.0. The number of nitrogens with zero attached hydrogens (tertiary/aromatic N) is 1. The number of para-hydroxylation sites is 1. The lowest BCUT2D eigenvalue weighted by atomic mass is 10.2. The summed E-state index contributed by atoms with van der Waals surface area (Å²) in [6, 6.07) is 9.08. The third-order valence-corrected chi connectivity index (χ3v) is 2.53. The largest absolute Gasteiger partial charge is 0.455 e. The number of nitro benzene ring substituents is 1. The molecule has 98 valence electrons. The van der Waals surface area contributed by atoms with Crippen molar-refractivity contribution in [3.8, 4) is 11.5 Å². The summed E-state index contributed by atoms with van der Waals surface area (Å²) in [5, 5.41) is 10.8. The Labute approximate surface area is 108 Å². The van der Waals surface area contributed by atoms with Gasteiger partial charge in [-0.05, 0) is 24.3 Å². The molecule has 0 aliphatic rings. The molecule has 2 aromatic rings. The van der Waals surface area contributed by atoms with Gasteiger partial charge in [0.2, 0.25) is 0 Å². The van der Waals surface area contributed by atoms with Crippen LogP contribution in [0, 0.1) is 10.1 Å².